The first-order valence-electron chi connectivity index (χ1n) is 6.83. The fourth-order valence-corrected chi connectivity index (χ4v) is 2.13. The van der Waals surface area contributed by atoms with Crippen LogP contribution in [-0.4, -0.2) is 27.2 Å². The minimum atomic E-state index is -0.481. The van der Waals surface area contributed by atoms with Crippen LogP contribution in [0.2, 0.25) is 0 Å². The van der Waals surface area contributed by atoms with Gasteiger partial charge in [0.15, 0.2) is 0 Å². The highest BCUT2D eigenvalue weighted by Crippen LogP contribution is 2.29. The summed E-state index contributed by atoms with van der Waals surface area (Å²) in [6, 6.07) is 6.45. The Hall–Kier alpha value is -2.21. The smallest absolute Gasteiger partial charge is 0.270 e. The lowest BCUT2D eigenvalue weighted by Crippen LogP contribution is -2.38. The van der Waals surface area contributed by atoms with Gasteiger partial charge in [-0.3, -0.25) is 15.1 Å². The number of aliphatic hydroxyl groups is 1. The molecule has 0 radical (unpaired) electrons. The lowest BCUT2D eigenvalue weighted by molar-refractivity contribution is -0.384. The quantitative estimate of drug-likeness (QED) is 0.652. The molecule has 2 N–H and O–H groups in total. The van der Waals surface area contributed by atoms with E-state index in [1.54, 1.807) is 6.07 Å². The van der Waals surface area contributed by atoms with Gasteiger partial charge in [0, 0.05) is 28.9 Å². The number of aromatic nitrogens is 1. The number of nitro benzene ring substituents is 1. The average Bonchev–Trinajstić information content (AvgIpc) is 2.46. The van der Waals surface area contributed by atoms with Crippen LogP contribution >= 0.6 is 0 Å². The van der Waals surface area contributed by atoms with Crippen molar-refractivity contribution in [3.63, 3.8) is 0 Å². The predicted octanol–water partition coefficient (Wildman–Crippen LogP) is 3.02. The van der Waals surface area contributed by atoms with Crippen molar-refractivity contribution in [2.45, 2.75) is 32.7 Å². The number of rotatable bonds is 5. The van der Waals surface area contributed by atoms with Crippen molar-refractivity contribution in [3.05, 3.63) is 40.1 Å². The number of hydrogen-bond acceptors (Lipinski definition) is 5. The van der Waals surface area contributed by atoms with Crippen LogP contribution in [0.1, 0.15) is 26.0 Å². The van der Waals surface area contributed by atoms with E-state index < -0.39 is 10.5 Å². The summed E-state index contributed by atoms with van der Waals surface area (Å²) in [5.41, 5.74) is 1.80. The summed E-state index contributed by atoms with van der Waals surface area (Å²) in [5, 5.41) is 24.5. The van der Waals surface area contributed by atoms with Gasteiger partial charge in [0.25, 0.3) is 5.69 Å². The second-order valence-corrected chi connectivity index (χ2v) is 5.47. The number of nitro groups is 1. The van der Waals surface area contributed by atoms with E-state index in [1.165, 1.54) is 12.1 Å². The van der Waals surface area contributed by atoms with E-state index in [4.69, 9.17) is 0 Å². The number of benzene rings is 1. The van der Waals surface area contributed by atoms with Gasteiger partial charge in [-0.1, -0.05) is 6.92 Å². The summed E-state index contributed by atoms with van der Waals surface area (Å²) in [6.45, 7) is 5.73. The molecule has 0 saturated heterocycles. The second-order valence-electron chi connectivity index (χ2n) is 5.47. The van der Waals surface area contributed by atoms with E-state index in [1.807, 2.05) is 26.8 Å². The summed E-state index contributed by atoms with van der Waals surface area (Å²) in [7, 11) is 0. The Balaban J connectivity index is 2.60. The molecule has 0 aliphatic carbocycles. The molecule has 0 fully saturated rings. The Labute approximate surface area is 123 Å². The molecule has 0 bridgehead atoms. The second kappa shape index (κ2) is 5.65. The molecule has 1 aromatic carbocycles. The molecule has 2 rings (SSSR count). The first-order valence-corrected chi connectivity index (χ1v) is 6.83. The number of nitrogens with one attached hydrogen (secondary N) is 1. The van der Waals surface area contributed by atoms with Gasteiger partial charge in [-0.25, -0.2) is 0 Å². The highest BCUT2D eigenvalue weighted by atomic mass is 16.6. The van der Waals surface area contributed by atoms with Crippen LogP contribution < -0.4 is 5.32 Å². The number of hydrogen-bond donors (Lipinski definition) is 2. The zero-order chi connectivity index (χ0) is 15.6. The van der Waals surface area contributed by atoms with Crippen LogP contribution in [-0.2, 0) is 0 Å². The highest BCUT2D eigenvalue weighted by Gasteiger charge is 2.22. The Bertz CT molecular complexity index is 681. The Morgan fingerprint density at radius 3 is 2.71 bits per heavy atom. The van der Waals surface area contributed by atoms with Crippen LogP contribution in [0.5, 0.6) is 0 Å². The molecule has 6 nitrogen and oxygen atoms in total. The molecule has 21 heavy (non-hydrogen) atoms. The van der Waals surface area contributed by atoms with E-state index in [2.05, 4.69) is 10.3 Å². The molecule has 0 amide bonds. The first kappa shape index (κ1) is 15.2. The number of fused-ring (bicyclic) bond motifs is 1. The molecule has 0 aliphatic heterocycles. The number of aryl methyl sites for hydroxylation is 1. The van der Waals surface area contributed by atoms with Crippen LogP contribution in [0.3, 0.4) is 0 Å². The maximum absolute atomic E-state index is 10.9. The molecular formula is C15H19N3O3. The summed E-state index contributed by atoms with van der Waals surface area (Å²) < 4.78 is 0. The third kappa shape index (κ3) is 3.11. The van der Waals surface area contributed by atoms with Crippen LogP contribution in [0.15, 0.2) is 24.3 Å². The fraction of sp³-hybridized carbons (Fsp3) is 0.400. The zero-order valence-corrected chi connectivity index (χ0v) is 12.4. The van der Waals surface area contributed by atoms with Crippen molar-refractivity contribution in [1.82, 2.24) is 4.98 Å². The normalized spacial score (nSPS) is 13.9. The van der Waals surface area contributed by atoms with E-state index in [0.29, 0.717) is 10.9 Å². The number of non-ortho nitro benzene ring substituents is 1. The lowest BCUT2D eigenvalue weighted by atomic mass is 9.99. The van der Waals surface area contributed by atoms with Crippen molar-refractivity contribution < 1.29 is 10.0 Å². The van der Waals surface area contributed by atoms with Crippen molar-refractivity contribution >= 4 is 22.3 Å². The van der Waals surface area contributed by atoms with E-state index >= 15 is 0 Å². The van der Waals surface area contributed by atoms with Gasteiger partial charge in [-0.2, -0.15) is 0 Å². The molecule has 0 saturated carbocycles. The number of anilines is 1. The summed E-state index contributed by atoms with van der Waals surface area (Å²) in [5.74, 6) is 0. The molecule has 1 heterocycles. The Kier molecular flexibility index (Phi) is 4.09. The van der Waals surface area contributed by atoms with Crippen molar-refractivity contribution in [2.75, 3.05) is 11.9 Å². The summed E-state index contributed by atoms with van der Waals surface area (Å²) in [4.78, 5) is 14.9. The molecule has 1 unspecified atom stereocenters. The molecule has 1 atom stereocenters. The maximum Gasteiger partial charge on any atom is 0.270 e. The van der Waals surface area contributed by atoms with Gasteiger partial charge >= 0.3 is 0 Å². The van der Waals surface area contributed by atoms with Gasteiger partial charge in [-0.15, -0.1) is 0 Å². The monoisotopic (exact) mass is 289 g/mol. The minimum absolute atomic E-state index is 0.0263. The highest BCUT2D eigenvalue weighted by molar-refractivity contribution is 5.93. The third-order valence-corrected chi connectivity index (χ3v) is 3.70. The molecule has 0 spiro atoms. The Morgan fingerprint density at radius 1 is 1.43 bits per heavy atom. The van der Waals surface area contributed by atoms with Gasteiger partial charge < -0.3 is 10.4 Å². The lowest BCUT2D eigenvalue weighted by Gasteiger charge is -2.29. The average molecular weight is 289 g/mol. The van der Waals surface area contributed by atoms with E-state index in [0.717, 1.165) is 17.8 Å². The predicted molar refractivity (Wildman–Crippen MR) is 82.5 cm³/mol. The first-order chi connectivity index (χ1) is 9.88. The summed E-state index contributed by atoms with van der Waals surface area (Å²) >= 11 is 0. The Morgan fingerprint density at radius 2 is 2.14 bits per heavy atom. The van der Waals surface area contributed by atoms with E-state index in [-0.39, 0.29) is 12.3 Å². The van der Waals surface area contributed by atoms with Crippen LogP contribution in [0.4, 0.5) is 11.4 Å². The molecule has 1 aromatic heterocycles. The third-order valence-electron chi connectivity index (χ3n) is 3.70. The maximum atomic E-state index is 10.9. The largest absolute Gasteiger partial charge is 0.394 e. The molecule has 112 valence electrons. The van der Waals surface area contributed by atoms with Gasteiger partial charge in [-0.05, 0) is 32.4 Å². The van der Waals surface area contributed by atoms with Gasteiger partial charge in [0.1, 0.15) is 0 Å². The molecule has 6 heteroatoms. The molecular weight excluding hydrogens is 270 g/mol. The van der Waals surface area contributed by atoms with Crippen LogP contribution in [0, 0.1) is 17.0 Å². The number of pyridine rings is 1. The zero-order valence-electron chi connectivity index (χ0n) is 12.4. The summed E-state index contributed by atoms with van der Waals surface area (Å²) in [6.07, 6.45) is 0.724. The fourth-order valence-electron chi connectivity index (χ4n) is 2.13. The van der Waals surface area contributed by atoms with Crippen molar-refractivity contribution in [2.24, 2.45) is 0 Å². The standard InChI is InChI=1S/C15H19N3O3/c1-4-15(3,9-19)17-14-7-10(2)16-13-6-5-11(18(20)21)8-12(13)14/h5-8,19H,4,9H2,1-3H3,(H,16,17). The number of aliphatic hydroxyl groups excluding tert-OH is 1. The van der Waals surface area contributed by atoms with Crippen LogP contribution in [0.25, 0.3) is 10.9 Å². The minimum Gasteiger partial charge on any atom is -0.394 e. The van der Waals surface area contributed by atoms with Gasteiger partial charge in [0.05, 0.1) is 22.6 Å². The number of nitrogens with zero attached hydrogens (tertiary/aromatic N) is 2. The van der Waals surface area contributed by atoms with Crippen molar-refractivity contribution in [1.29, 1.82) is 0 Å². The van der Waals surface area contributed by atoms with E-state index in [9.17, 15) is 15.2 Å². The van der Waals surface area contributed by atoms with Gasteiger partial charge in [0.2, 0.25) is 0 Å². The van der Waals surface area contributed by atoms with Crippen molar-refractivity contribution in [3.8, 4) is 0 Å². The topological polar surface area (TPSA) is 88.3 Å². The molecule has 0 aliphatic rings. The SMILES string of the molecule is CCC(C)(CO)Nc1cc(C)nc2ccc([N+](=O)[O-])cc12. The molecule has 2 aromatic rings.